The fourth-order valence-corrected chi connectivity index (χ4v) is 4.02. The van der Waals surface area contributed by atoms with Gasteiger partial charge in [-0.25, -0.2) is 4.98 Å². The van der Waals surface area contributed by atoms with Gasteiger partial charge >= 0.3 is 0 Å². The minimum atomic E-state index is -0.517. The zero-order valence-corrected chi connectivity index (χ0v) is 15.8. The van der Waals surface area contributed by atoms with Gasteiger partial charge in [0.2, 0.25) is 5.91 Å². The van der Waals surface area contributed by atoms with Crippen LogP contribution in [0.15, 0.2) is 34.2 Å². The second kappa shape index (κ2) is 7.03. The highest BCUT2D eigenvalue weighted by Crippen LogP contribution is 2.32. The van der Waals surface area contributed by atoms with Crippen LogP contribution in [0.1, 0.15) is 29.0 Å². The Bertz CT molecular complexity index is 996. The van der Waals surface area contributed by atoms with Crippen molar-refractivity contribution in [2.24, 2.45) is 0 Å². The van der Waals surface area contributed by atoms with E-state index in [2.05, 4.69) is 10.3 Å². The van der Waals surface area contributed by atoms with E-state index in [4.69, 9.17) is 9.15 Å². The molecule has 7 nitrogen and oxygen atoms in total. The molecule has 0 radical (unpaired) electrons. The average molecular weight is 385 g/mol. The molecule has 1 aliphatic rings. The maximum atomic E-state index is 13.3. The Kier molecular flexibility index (Phi) is 4.57. The number of methoxy groups -OCH3 is 1. The van der Waals surface area contributed by atoms with Gasteiger partial charge in [-0.1, -0.05) is 0 Å². The highest BCUT2D eigenvalue weighted by Gasteiger charge is 2.36. The molecule has 4 rings (SSSR count). The summed E-state index contributed by atoms with van der Waals surface area (Å²) in [6.07, 6.45) is 3.03. The van der Waals surface area contributed by atoms with E-state index in [9.17, 15) is 9.59 Å². The van der Waals surface area contributed by atoms with E-state index in [1.807, 2.05) is 0 Å². The molecule has 1 aromatic carbocycles. The largest absolute Gasteiger partial charge is 0.497 e. The normalized spacial score (nSPS) is 16.7. The van der Waals surface area contributed by atoms with Crippen molar-refractivity contribution in [2.75, 3.05) is 19.0 Å². The summed E-state index contributed by atoms with van der Waals surface area (Å²) < 4.78 is 11.0. The van der Waals surface area contributed by atoms with Crippen LogP contribution in [0.25, 0.3) is 11.0 Å². The number of benzene rings is 1. The van der Waals surface area contributed by atoms with Gasteiger partial charge in [0.25, 0.3) is 5.91 Å². The van der Waals surface area contributed by atoms with Crippen LogP contribution in [0.4, 0.5) is 5.13 Å². The number of rotatable bonds is 4. The Morgan fingerprint density at radius 3 is 3.00 bits per heavy atom. The van der Waals surface area contributed by atoms with Gasteiger partial charge in [0.15, 0.2) is 5.13 Å². The van der Waals surface area contributed by atoms with Crippen molar-refractivity contribution in [1.29, 1.82) is 0 Å². The van der Waals surface area contributed by atoms with E-state index in [1.54, 1.807) is 48.7 Å². The standard InChI is InChI=1S/C19H19N3O4S/c1-11-16(13-10-12(25-2)5-6-15(13)26-11)18(24)22-8-3-4-14(22)17(23)21-19-20-7-9-27-19/h5-7,9-10,14H,3-4,8H2,1-2H3,(H,20,21,23). The van der Waals surface area contributed by atoms with Crippen LogP contribution in [0, 0.1) is 6.92 Å². The van der Waals surface area contributed by atoms with Crippen molar-refractivity contribution in [1.82, 2.24) is 9.88 Å². The van der Waals surface area contributed by atoms with Gasteiger partial charge in [0.1, 0.15) is 23.1 Å². The van der Waals surface area contributed by atoms with E-state index < -0.39 is 6.04 Å². The van der Waals surface area contributed by atoms with Crippen molar-refractivity contribution < 1.29 is 18.7 Å². The number of likely N-dealkylation sites (tertiary alicyclic amines) is 1. The molecule has 1 atom stereocenters. The second-order valence-electron chi connectivity index (χ2n) is 6.38. The van der Waals surface area contributed by atoms with Crippen molar-refractivity contribution in [3.8, 4) is 5.75 Å². The topological polar surface area (TPSA) is 84.7 Å². The van der Waals surface area contributed by atoms with E-state index in [-0.39, 0.29) is 11.8 Å². The lowest BCUT2D eigenvalue weighted by molar-refractivity contribution is -0.119. The smallest absolute Gasteiger partial charge is 0.258 e. The first-order valence-corrected chi connectivity index (χ1v) is 9.55. The van der Waals surface area contributed by atoms with Gasteiger partial charge in [-0.15, -0.1) is 11.3 Å². The third-order valence-electron chi connectivity index (χ3n) is 4.76. The van der Waals surface area contributed by atoms with E-state index >= 15 is 0 Å². The number of hydrogen-bond acceptors (Lipinski definition) is 6. The number of nitrogens with zero attached hydrogens (tertiary/aromatic N) is 2. The van der Waals surface area contributed by atoms with Crippen LogP contribution in [-0.4, -0.2) is 41.4 Å². The highest BCUT2D eigenvalue weighted by atomic mass is 32.1. The number of furan rings is 1. The molecule has 3 heterocycles. The fourth-order valence-electron chi connectivity index (χ4n) is 3.49. The molecule has 8 heteroatoms. The summed E-state index contributed by atoms with van der Waals surface area (Å²) >= 11 is 1.35. The van der Waals surface area contributed by atoms with Gasteiger partial charge in [-0.3, -0.25) is 9.59 Å². The van der Waals surface area contributed by atoms with E-state index in [0.717, 1.165) is 6.42 Å². The third-order valence-corrected chi connectivity index (χ3v) is 5.45. The van der Waals surface area contributed by atoms with Gasteiger partial charge < -0.3 is 19.4 Å². The van der Waals surface area contributed by atoms with Crippen molar-refractivity contribution >= 4 is 39.3 Å². The molecule has 140 valence electrons. The first-order chi connectivity index (χ1) is 13.1. The van der Waals surface area contributed by atoms with Crippen LogP contribution < -0.4 is 10.1 Å². The van der Waals surface area contributed by atoms with Gasteiger partial charge in [0, 0.05) is 23.5 Å². The first kappa shape index (κ1) is 17.5. The SMILES string of the molecule is COc1ccc2oc(C)c(C(=O)N3CCCC3C(=O)Nc3nccs3)c2c1. The number of anilines is 1. The molecule has 1 N–H and O–H groups in total. The van der Waals surface area contributed by atoms with Gasteiger partial charge in [-0.05, 0) is 38.0 Å². The molecule has 27 heavy (non-hydrogen) atoms. The zero-order valence-electron chi connectivity index (χ0n) is 15.0. The number of hydrogen-bond donors (Lipinski definition) is 1. The predicted octanol–water partition coefficient (Wildman–Crippen LogP) is 3.45. The molecule has 3 aromatic rings. The summed E-state index contributed by atoms with van der Waals surface area (Å²) in [5.41, 5.74) is 1.11. The van der Waals surface area contributed by atoms with Crippen LogP contribution in [0.5, 0.6) is 5.75 Å². The lowest BCUT2D eigenvalue weighted by atomic mass is 10.1. The number of carbonyl (C=O) groups excluding carboxylic acids is 2. The zero-order chi connectivity index (χ0) is 19.0. The van der Waals surface area contributed by atoms with Crippen LogP contribution in [0.3, 0.4) is 0 Å². The highest BCUT2D eigenvalue weighted by molar-refractivity contribution is 7.13. The molecular weight excluding hydrogens is 366 g/mol. The molecule has 2 aromatic heterocycles. The fraction of sp³-hybridized carbons (Fsp3) is 0.316. The maximum Gasteiger partial charge on any atom is 0.258 e. The molecule has 1 fully saturated rings. The van der Waals surface area contributed by atoms with Crippen LogP contribution in [0.2, 0.25) is 0 Å². The Morgan fingerprint density at radius 1 is 1.41 bits per heavy atom. The molecule has 1 saturated heterocycles. The summed E-state index contributed by atoms with van der Waals surface area (Å²) in [7, 11) is 1.58. The number of thiazole rings is 1. The molecular formula is C19H19N3O4S. The second-order valence-corrected chi connectivity index (χ2v) is 7.27. The lowest BCUT2D eigenvalue weighted by Crippen LogP contribution is -2.43. The quantitative estimate of drug-likeness (QED) is 0.744. The number of ether oxygens (including phenoxy) is 1. The summed E-state index contributed by atoms with van der Waals surface area (Å²) in [4.78, 5) is 31.7. The maximum absolute atomic E-state index is 13.3. The molecule has 0 spiro atoms. The number of aromatic nitrogens is 1. The molecule has 0 bridgehead atoms. The first-order valence-electron chi connectivity index (χ1n) is 8.67. The molecule has 1 unspecified atom stereocenters. The van der Waals surface area contributed by atoms with Gasteiger partial charge in [0.05, 0.1) is 12.7 Å². The number of fused-ring (bicyclic) bond motifs is 1. The number of aryl methyl sites for hydroxylation is 1. The Labute approximate surface area is 159 Å². The Morgan fingerprint density at radius 2 is 2.26 bits per heavy atom. The van der Waals surface area contributed by atoms with Crippen molar-refractivity contribution in [3.63, 3.8) is 0 Å². The van der Waals surface area contributed by atoms with Crippen molar-refractivity contribution in [2.45, 2.75) is 25.8 Å². The van der Waals surface area contributed by atoms with Crippen LogP contribution in [-0.2, 0) is 4.79 Å². The minimum Gasteiger partial charge on any atom is -0.497 e. The average Bonchev–Trinajstić information content (AvgIpc) is 3.39. The van der Waals surface area contributed by atoms with Crippen molar-refractivity contribution in [3.05, 3.63) is 41.1 Å². The van der Waals surface area contributed by atoms with Gasteiger partial charge in [-0.2, -0.15) is 0 Å². The molecule has 2 amide bonds. The Hall–Kier alpha value is -2.87. The lowest BCUT2D eigenvalue weighted by Gasteiger charge is -2.23. The minimum absolute atomic E-state index is 0.198. The summed E-state index contributed by atoms with van der Waals surface area (Å²) in [6.45, 7) is 2.30. The number of nitrogens with one attached hydrogen (secondary N) is 1. The van der Waals surface area contributed by atoms with Crippen LogP contribution >= 0.6 is 11.3 Å². The predicted molar refractivity (Wildman–Crippen MR) is 102 cm³/mol. The summed E-state index contributed by atoms with van der Waals surface area (Å²) in [6, 6.07) is 4.85. The number of amides is 2. The van der Waals surface area contributed by atoms with E-state index in [1.165, 1.54) is 11.3 Å². The summed E-state index contributed by atoms with van der Waals surface area (Å²) in [5, 5.41) is 5.82. The molecule has 0 aliphatic carbocycles. The molecule has 0 saturated carbocycles. The number of carbonyl (C=O) groups is 2. The summed E-state index contributed by atoms with van der Waals surface area (Å²) in [5.74, 6) is 0.779. The van der Waals surface area contributed by atoms with E-state index in [0.29, 0.717) is 46.1 Å². The third kappa shape index (κ3) is 3.16. The Balaban J connectivity index is 1.64. The monoisotopic (exact) mass is 385 g/mol. The molecule has 1 aliphatic heterocycles.